The Labute approximate surface area is 92.2 Å². The molecule has 0 rings (SSSR count). The fourth-order valence-electron chi connectivity index (χ4n) is 1.09. The predicted molar refractivity (Wildman–Crippen MR) is 62.2 cm³/mol. The predicted octanol–water partition coefficient (Wildman–Crippen LogP) is 1.19. The van der Waals surface area contributed by atoms with Crippen molar-refractivity contribution in [1.82, 2.24) is 5.32 Å². The van der Waals surface area contributed by atoms with Crippen LogP contribution >= 0.6 is 7.60 Å². The molecule has 0 aliphatic carbocycles. The van der Waals surface area contributed by atoms with Crippen LogP contribution < -0.4 is 11.1 Å². The Morgan fingerprint density at radius 1 is 1.33 bits per heavy atom. The molecule has 5 nitrogen and oxygen atoms in total. The molecule has 15 heavy (non-hydrogen) atoms. The largest absolute Gasteiger partial charge is 0.331 e. The van der Waals surface area contributed by atoms with Crippen molar-refractivity contribution in [2.45, 2.75) is 26.8 Å². The van der Waals surface area contributed by atoms with Gasteiger partial charge in [-0.15, -0.1) is 0 Å². The topological polar surface area (TPSA) is 73.6 Å². The Morgan fingerprint density at radius 3 is 2.27 bits per heavy atom. The summed E-state index contributed by atoms with van der Waals surface area (Å²) >= 11 is 0. The summed E-state index contributed by atoms with van der Waals surface area (Å²) in [6, 6.07) is 0.224. The second kappa shape index (κ2) is 8.25. The average Bonchev–Trinajstić information content (AvgIpc) is 2.18. The molecule has 1 unspecified atom stereocenters. The summed E-state index contributed by atoms with van der Waals surface area (Å²) in [6.45, 7) is 7.56. The number of hydrogen-bond donors (Lipinski definition) is 2. The summed E-state index contributed by atoms with van der Waals surface area (Å²) in [6.07, 6.45) is 0.388. The van der Waals surface area contributed by atoms with Gasteiger partial charge in [-0.1, -0.05) is 0 Å². The van der Waals surface area contributed by atoms with Crippen LogP contribution in [-0.2, 0) is 13.6 Å². The highest BCUT2D eigenvalue weighted by Gasteiger charge is 2.22. The van der Waals surface area contributed by atoms with E-state index in [0.717, 1.165) is 0 Å². The molecule has 0 saturated carbocycles. The van der Waals surface area contributed by atoms with Gasteiger partial charge in [-0.2, -0.15) is 0 Å². The quantitative estimate of drug-likeness (QED) is 0.590. The number of nitrogens with one attached hydrogen (secondary N) is 1. The van der Waals surface area contributed by atoms with Crippen LogP contribution in [0.3, 0.4) is 0 Å². The summed E-state index contributed by atoms with van der Waals surface area (Å²) < 4.78 is 22.3. The van der Waals surface area contributed by atoms with Gasteiger partial charge in [0.15, 0.2) is 0 Å². The minimum atomic E-state index is -2.89. The average molecular weight is 238 g/mol. The fraction of sp³-hybridized carbons (Fsp3) is 1.00. The molecule has 0 saturated heterocycles. The Balaban J connectivity index is 3.90. The lowest BCUT2D eigenvalue weighted by molar-refractivity contribution is 0.220. The third-order valence-corrected chi connectivity index (χ3v) is 3.96. The molecule has 92 valence electrons. The molecule has 0 fully saturated rings. The van der Waals surface area contributed by atoms with Crippen LogP contribution in [0, 0.1) is 0 Å². The van der Waals surface area contributed by atoms with E-state index in [2.05, 4.69) is 5.32 Å². The maximum atomic E-state index is 12.0. The molecule has 0 heterocycles. The molecule has 3 N–H and O–H groups in total. The molecule has 0 aliphatic rings. The number of rotatable bonds is 9. The fourth-order valence-corrected chi connectivity index (χ4v) is 2.61. The van der Waals surface area contributed by atoms with Crippen LogP contribution in [-0.4, -0.2) is 38.5 Å². The van der Waals surface area contributed by atoms with Crippen LogP contribution in [0.5, 0.6) is 0 Å². The van der Waals surface area contributed by atoms with Crippen LogP contribution in [0.15, 0.2) is 0 Å². The minimum Gasteiger partial charge on any atom is -0.329 e. The van der Waals surface area contributed by atoms with E-state index in [4.69, 9.17) is 14.8 Å². The highest BCUT2D eigenvalue weighted by Crippen LogP contribution is 2.47. The Kier molecular flexibility index (Phi) is 8.29. The van der Waals surface area contributed by atoms with Crippen LogP contribution in [0.1, 0.15) is 20.8 Å². The van der Waals surface area contributed by atoms with Crippen molar-refractivity contribution in [1.29, 1.82) is 0 Å². The molecule has 0 aromatic carbocycles. The molecule has 0 radical (unpaired) electrons. The molecule has 0 spiro atoms. The second-order valence-corrected chi connectivity index (χ2v) is 5.45. The van der Waals surface area contributed by atoms with Gasteiger partial charge in [0.1, 0.15) is 0 Å². The van der Waals surface area contributed by atoms with Gasteiger partial charge in [-0.3, -0.25) is 4.57 Å². The van der Waals surface area contributed by atoms with Gasteiger partial charge >= 0.3 is 7.60 Å². The van der Waals surface area contributed by atoms with Gasteiger partial charge in [0.25, 0.3) is 0 Å². The van der Waals surface area contributed by atoms with Crippen molar-refractivity contribution in [3.63, 3.8) is 0 Å². The van der Waals surface area contributed by atoms with Crippen LogP contribution in [0.25, 0.3) is 0 Å². The maximum Gasteiger partial charge on any atom is 0.331 e. The van der Waals surface area contributed by atoms with E-state index in [-0.39, 0.29) is 6.04 Å². The molecule has 0 aromatic heterocycles. The summed E-state index contributed by atoms with van der Waals surface area (Å²) in [5.41, 5.74) is 5.45. The molecular formula is C9H23N2O3P. The van der Waals surface area contributed by atoms with E-state index in [1.807, 2.05) is 20.8 Å². The molecule has 0 bridgehead atoms. The van der Waals surface area contributed by atoms with E-state index in [0.29, 0.717) is 32.5 Å². The minimum absolute atomic E-state index is 0.224. The van der Waals surface area contributed by atoms with Gasteiger partial charge in [0.05, 0.1) is 19.4 Å². The molecule has 0 amide bonds. The SMILES string of the molecule is CCOP(=O)(CCNC(C)CN)OCC. The van der Waals surface area contributed by atoms with E-state index >= 15 is 0 Å². The Hall–Kier alpha value is 0.0700. The van der Waals surface area contributed by atoms with Crippen molar-refractivity contribution in [2.75, 3.05) is 32.5 Å². The first-order chi connectivity index (χ1) is 7.08. The summed E-state index contributed by atoms with van der Waals surface area (Å²) in [7, 11) is -2.89. The van der Waals surface area contributed by atoms with Gasteiger partial charge in [-0.25, -0.2) is 0 Å². The summed E-state index contributed by atoms with van der Waals surface area (Å²) in [5.74, 6) is 0. The van der Waals surface area contributed by atoms with Crippen LogP contribution in [0.4, 0.5) is 0 Å². The smallest absolute Gasteiger partial charge is 0.329 e. The van der Waals surface area contributed by atoms with Gasteiger partial charge in [0.2, 0.25) is 0 Å². The van der Waals surface area contributed by atoms with E-state index in [1.165, 1.54) is 0 Å². The van der Waals surface area contributed by atoms with Crippen molar-refractivity contribution in [3.05, 3.63) is 0 Å². The summed E-state index contributed by atoms with van der Waals surface area (Å²) in [5, 5.41) is 3.15. The molecule has 1 atom stereocenters. The zero-order valence-electron chi connectivity index (χ0n) is 9.86. The Morgan fingerprint density at radius 2 is 1.87 bits per heavy atom. The van der Waals surface area contributed by atoms with E-state index < -0.39 is 7.60 Å². The first kappa shape index (κ1) is 15.1. The lowest BCUT2D eigenvalue weighted by Crippen LogP contribution is -2.35. The zero-order chi connectivity index (χ0) is 11.7. The lowest BCUT2D eigenvalue weighted by atomic mass is 10.3. The Bertz CT molecular complexity index is 192. The van der Waals surface area contributed by atoms with Crippen molar-refractivity contribution >= 4 is 7.60 Å². The molecule has 0 aromatic rings. The lowest BCUT2D eigenvalue weighted by Gasteiger charge is -2.18. The first-order valence-corrected chi connectivity index (χ1v) is 7.12. The molecule has 0 aliphatic heterocycles. The molecular weight excluding hydrogens is 215 g/mol. The van der Waals surface area contributed by atoms with Crippen molar-refractivity contribution in [2.24, 2.45) is 5.73 Å². The van der Waals surface area contributed by atoms with Gasteiger partial charge in [0, 0.05) is 19.1 Å². The summed E-state index contributed by atoms with van der Waals surface area (Å²) in [4.78, 5) is 0. The second-order valence-electron chi connectivity index (χ2n) is 3.26. The third kappa shape index (κ3) is 7.03. The van der Waals surface area contributed by atoms with E-state index in [9.17, 15) is 4.57 Å². The van der Waals surface area contributed by atoms with Gasteiger partial charge in [-0.05, 0) is 20.8 Å². The standard InChI is InChI=1S/C9H23N2O3P/c1-4-13-15(12,14-5-2)7-6-11-9(3)8-10/h9,11H,4-8,10H2,1-3H3. The highest BCUT2D eigenvalue weighted by molar-refractivity contribution is 7.53. The number of hydrogen-bond acceptors (Lipinski definition) is 5. The zero-order valence-corrected chi connectivity index (χ0v) is 10.8. The normalized spacial score (nSPS) is 14.1. The maximum absolute atomic E-state index is 12.0. The monoisotopic (exact) mass is 238 g/mol. The highest BCUT2D eigenvalue weighted by atomic mass is 31.2. The first-order valence-electron chi connectivity index (χ1n) is 5.39. The van der Waals surface area contributed by atoms with Gasteiger partial charge < -0.3 is 20.1 Å². The van der Waals surface area contributed by atoms with E-state index in [1.54, 1.807) is 0 Å². The van der Waals surface area contributed by atoms with Crippen molar-refractivity contribution in [3.8, 4) is 0 Å². The third-order valence-electron chi connectivity index (χ3n) is 1.88. The molecule has 6 heteroatoms. The number of nitrogens with two attached hydrogens (primary N) is 1. The van der Waals surface area contributed by atoms with Crippen LogP contribution in [0.2, 0.25) is 0 Å². The van der Waals surface area contributed by atoms with Crippen molar-refractivity contribution < 1.29 is 13.6 Å².